The van der Waals surface area contributed by atoms with E-state index in [1.807, 2.05) is 6.92 Å². The summed E-state index contributed by atoms with van der Waals surface area (Å²) < 4.78 is 10.6. The lowest BCUT2D eigenvalue weighted by Crippen LogP contribution is -2.41. The minimum absolute atomic E-state index is 0.207. The summed E-state index contributed by atoms with van der Waals surface area (Å²) in [4.78, 5) is 23.3. The summed E-state index contributed by atoms with van der Waals surface area (Å²) in [7, 11) is 0. The van der Waals surface area contributed by atoms with Crippen LogP contribution in [0.5, 0.6) is 5.75 Å². The highest BCUT2D eigenvalue weighted by Crippen LogP contribution is 2.12. The van der Waals surface area contributed by atoms with E-state index >= 15 is 0 Å². The van der Waals surface area contributed by atoms with E-state index in [0.717, 1.165) is 25.0 Å². The molecule has 0 bridgehead atoms. The number of unbranched alkanes of at least 4 members (excludes halogenated alkanes) is 2. The van der Waals surface area contributed by atoms with Gasteiger partial charge in [-0.3, -0.25) is 20.4 Å². The van der Waals surface area contributed by atoms with Crippen LogP contribution in [0.4, 0.5) is 0 Å². The number of carbonyl (C=O) groups excluding carboxylic acids is 2. The monoisotopic (exact) mass is 322 g/mol. The molecule has 0 aromatic heterocycles. The maximum absolute atomic E-state index is 11.9. The zero-order valence-electron chi connectivity index (χ0n) is 13.9. The molecule has 0 aliphatic rings. The van der Waals surface area contributed by atoms with E-state index in [1.165, 1.54) is 0 Å². The molecule has 0 aliphatic heterocycles. The van der Waals surface area contributed by atoms with Gasteiger partial charge in [-0.1, -0.05) is 19.8 Å². The predicted molar refractivity (Wildman–Crippen MR) is 88.2 cm³/mol. The van der Waals surface area contributed by atoms with Gasteiger partial charge in [0.15, 0.2) is 0 Å². The molecule has 0 fully saturated rings. The fourth-order valence-corrected chi connectivity index (χ4v) is 1.81. The molecule has 1 rings (SSSR count). The van der Waals surface area contributed by atoms with Crippen LogP contribution in [0.3, 0.4) is 0 Å². The van der Waals surface area contributed by atoms with E-state index in [0.29, 0.717) is 25.4 Å². The van der Waals surface area contributed by atoms with Crippen molar-refractivity contribution >= 4 is 11.8 Å². The number of amides is 2. The Morgan fingerprint density at radius 3 is 2.39 bits per heavy atom. The molecule has 0 aliphatic carbocycles. The van der Waals surface area contributed by atoms with Gasteiger partial charge in [-0.2, -0.15) is 0 Å². The molecule has 0 atom stereocenters. The first-order chi connectivity index (χ1) is 11.2. The second kappa shape index (κ2) is 11.5. The van der Waals surface area contributed by atoms with Crippen LogP contribution >= 0.6 is 0 Å². The summed E-state index contributed by atoms with van der Waals surface area (Å²) in [5, 5.41) is 0. The molecule has 1 aromatic carbocycles. The summed E-state index contributed by atoms with van der Waals surface area (Å²) in [5.41, 5.74) is 5.18. The quantitative estimate of drug-likeness (QED) is 0.512. The Labute approximate surface area is 137 Å². The molecule has 0 heterocycles. The number of rotatable bonds is 10. The Hall–Kier alpha value is -2.08. The van der Waals surface area contributed by atoms with Gasteiger partial charge in [0.1, 0.15) is 5.75 Å². The molecule has 6 nitrogen and oxygen atoms in total. The minimum Gasteiger partial charge on any atom is -0.494 e. The van der Waals surface area contributed by atoms with Crippen molar-refractivity contribution in [1.29, 1.82) is 0 Å². The zero-order valence-corrected chi connectivity index (χ0v) is 13.9. The Bertz CT molecular complexity index is 474. The zero-order chi connectivity index (χ0) is 16.9. The second-order valence-electron chi connectivity index (χ2n) is 5.03. The Kier molecular flexibility index (Phi) is 9.47. The molecule has 0 saturated heterocycles. The van der Waals surface area contributed by atoms with Crippen LogP contribution in [0.25, 0.3) is 0 Å². The van der Waals surface area contributed by atoms with Gasteiger partial charge in [0.2, 0.25) is 5.91 Å². The number of hydrogen-bond acceptors (Lipinski definition) is 4. The van der Waals surface area contributed by atoms with Gasteiger partial charge in [0, 0.05) is 12.2 Å². The van der Waals surface area contributed by atoms with Crippen molar-refractivity contribution in [2.24, 2.45) is 0 Å². The van der Waals surface area contributed by atoms with Crippen LogP contribution in [0.1, 0.15) is 49.9 Å². The number of ether oxygens (including phenoxy) is 2. The number of carbonyl (C=O) groups is 2. The molecular weight excluding hydrogens is 296 g/mol. The summed E-state index contributed by atoms with van der Waals surface area (Å²) in [6.45, 7) is 5.57. The first kappa shape index (κ1) is 19.0. The standard InChI is InChI=1S/C17H26N2O4/c1-3-5-6-12-23-15-9-7-14(8-10-15)17(21)19-18-16(20)11-13-22-4-2/h7-10H,3-6,11-13H2,1-2H3,(H,18,20)(H,19,21). The average molecular weight is 322 g/mol. The third kappa shape index (κ3) is 8.21. The largest absolute Gasteiger partial charge is 0.494 e. The van der Waals surface area contributed by atoms with E-state index in [-0.39, 0.29) is 18.2 Å². The van der Waals surface area contributed by atoms with Crippen molar-refractivity contribution in [2.45, 2.75) is 39.5 Å². The van der Waals surface area contributed by atoms with Crippen LogP contribution in [0.15, 0.2) is 24.3 Å². The molecular formula is C17H26N2O4. The third-order valence-corrected chi connectivity index (χ3v) is 3.13. The van der Waals surface area contributed by atoms with Crippen molar-refractivity contribution in [3.63, 3.8) is 0 Å². The molecule has 0 saturated carbocycles. The van der Waals surface area contributed by atoms with E-state index in [9.17, 15) is 9.59 Å². The number of benzene rings is 1. The van der Waals surface area contributed by atoms with Gasteiger partial charge in [0.25, 0.3) is 5.91 Å². The van der Waals surface area contributed by atoms with E-state index < -0.39 is 0 Å². The summed E-state index contributed by atoms with van der Waals surface area (Å²) in [6, 6.07) is 6.82. The number of hydrazine groups is 1. The fraction of sp³-hybridized carbons (Fsp3) is 0.529. The smallest absolute Gasteiger partial charge is 0.269 e. The van der Waals surface area contributed by atoms with Gasteiger partial charge in [-0.25, -0.2) is 0 Å². The number of hydrogen-bond donors (Lipinski definition) is 2. The molecule has 0 unspecified atom stereocenters. The highest BCUT2D eigenvalue weighted by atomic mass is 16.5. The minimum atomic E-state index is -0.368. The first-order valence-corrected chi connectivity index (χ1v) is 8.07. The molecule has 2 amide bonds. The van der Waals surface area contributed by atoms with Crippen molar-refractivity contribution < 1.29 is 19.1 Å². The molecule has 0 radical (unpaired) electrons. The SMILES string of the molecule is CCCCCOc1ccc(C(=O)NNC(=O)CCOCC)cc1. The van der Waals surface area contributed by atoms with Crippen molar-refractivity contribution in [3.05, 3.63) is 29.8 Å². The Morgan fingerprint density at radius 2 is 1.74 bits per heavy atom. The Morgan fingerprint density at radius 1 is 1.00 bits per heavy atom. The van der Waals surface area contributed by atoms with E-state index in [1.54, 1.807) is 24.3 Å². The first-order valence-electron chi connectivity index (χ1n) is 8.07. The van der Waals surface area contributed by atoms with Crippen LogP contribution in [-0.4, -0.2) is 31.6 Å². The molecule has 128 valence electrons. The molecule has 0 spiro atoms. The highest BCUT2D eigenvalue weighted by Gasteiger charge is 2.07. The van der Waals surface area contributed by atoms with Gasteiger partial charge in [0.05, 0.1) is 19.6 Å². The van der Waals surface area contributed by atoms with Gasteiger partial charge in [-0.15, -0.1) is 0 Å². The van der Waals surface area contributed by atoms with E-state index in [4.69, 9.17) is 9.47 Å². The maximum Gasteiger partial charge on any atom is 0.269 e. The van der Waals surface area contributed by atoms with Crippen molar-refractivity contribution in [1.82, 2.24) is 10.9 Å². The van der Waals surface area contributed by atoms with Crippen LogP contribution in [-0.2, 0) is 9.53 Å². The molecule has 2 N–H and O–H groups in total. The lowest BCUT2D eigenvalue weighted by Gasteiger charge is -2.09. The van der Waals surface area contributed by atoms with Gasteiger partial charge >= 0.3 is 0 Å². The average Bonchev–Trinajstić information content (AvgIpc) is 2.57. The Balaban J connectivity index is 2.31. The number of nitrogens with one attached hydrogen (secondary N) is 2. The predicted octanol–water partition coefficient (Wildman–Crippen LogP) is 2.44. The topological polar surface area (TPSA) is 76.7 Å². The molecule has 23 heavy (non-hydrogen) atoms. The normalized spacial score (nSPS) is 10.2. The van der Waals surface area contributed by atoms with Crippen LogP contribution in [0.2, 0.25) is 0 Å². The van der Waals surface area contributed by atoms with Crippen molar-refractivity contribution in [3.8, 4) is 5.75 Å². The molecule has 1 aromatic rings. The van der Waals surface area contributed by atoms with Crippen molar-refractivity contribution in [2.75, 3.05) is 19.8 Å². The van der Waals surface area contributed by atoms with Gasteiger partial charge in [-0.05, 0) is 37.6 Å². The fourth-order valence-electron chi connectivity index (χ4n) is 1.81. The summed E-state index contributed by atoms with van der Waals surface area (Å²) in [5.74, 6) is 0.0772. The second-order valence-corrected chi connectivity index (χ2v) is 5.03. The van der Waals surface area contributed by atoms with Crippen LogP contribution in [0, 0.1) is 0 Å². The van der Waals surface area contributed by atoms with E-state index in [2.05, 4.69) is 17.8 Å². The third-order valence-electron chi connectivity index (χ3n) is 3.13. The molecule has 6 heteroatoms. The maximum atomic E-state index is 11.9. The summed E-state index contributed by atoms with van der Waals surface area (Å²) in [6.07, 6.45) is 3.52. The highest BCUT2D eigenvalue weighted by molar-refractivity contribution is 5.95. The lowest BCUT2D eigenvalue weighted by molar-refractivity contribution is -0.122. The lowest BCUT2D eigenvalue weighted by atomic mass is 10.2. The van der Waals surface area contributed by atoms with Crippen LogP contribution < -0.4 is 15.6 Å². The summed E-state index contributed by atoms with van der Waals surface area (Å²) >= 11 is 0. The van der Waals surface area contributed by atoms with Gasteiger partial charge < -0.3 is 9.47 Å².